The van der Waals surface area contributed by atoms with Gasteiger partial charge in [0.05, 0.1) is 11.6 Å². The zero-order valence-corrected chi connectivity index (χ0v) is 13.1. The number of carbonyl (C=O) groups excluding carboxylic acids is 1. The summed E-state index contributed by atoms with van der Waals surface area (Å²) >= 11 is 1.52. The van der Waals surface area contributed by atoms with E-state index in [1.54, 1.807) is 6.20 Å². The second-order valence-corrected chi connectivity index (χ2v) is 5.90. The van der Waals surface area contributed by atoms with Crippen LogP contribution in [0.4, 0.5) is 0 Å². The molecule has 0 radical (unpaired) electrons. The average Bonchev–Trinajstić information content (AvgIpc) is 3.01. The Morgan fingerprint density at radius 2 is 2.24 bits per heavy atom. The number of hydrogen-bond acceptors (Lipinski definition) is 3. The zero-order valence-electron chi connectivity index (χ0n) is 12.3. The summed E-state index contributed by atoms with van der Waals surface area (Å²) in [5, 5.41) is 0.804. The summed E-state index contributed by atoms with van der Waals surface area (Å²) in [6.07, 6.45) is 6.71. The molecule has 0 aromatic carbocycles. The lowest BCUT2D eigenvalue weighted by Crippen LogP contribution is -2.41. The third kappa shape index (κ3) is 2.46. The van der Waals surface area contributed by atoms with Crippen molar-refractivity contribution in [3.8, 4) is 0 Å². The first kappa shape index (κ1) is 14.2. The predicted molar refractivity (Wildman–Crippen MR) is 84.5 cm³/mol. The highest BCUT2D eigenvalue weighted by Gasteiger charge is 2.31. The topological polar surface area (TPSA) is 38.1 Å². The first-order valence-corrected chi connectivity index (χ1v) is 8.43. The summed E-state index contributed by atoms with van der Waals surface area (Å²) < 4.78 is 2.25. The number of nitrogens with zero attached hydrogens (tertiary/aromatic N) is 3. The van der Waals surface area contributed by atoms with E-state index in [9.17, 15) is 4.79 Å². The van der Waals surface area contributed by atoms with E-state index >= 15 is 0 Å². The number of carbonyl (C=O) groups is 1. The molecule has 1 atom stereocenters. The Kier molecular flexibility index (Phi) is 4.01. The minimum Gasteiger partial charge on any atom is -0.348 e. The number of hydrogen-bond donors (Lipinski definition) is 0. The van der Waals surface area contributed by atoms with Gasteiger partial charge in [0.2, 0.25) is 0 Å². The van der Waals surface area contributed by atoms with Crippen LogP contribution in [0.5, 0.6) is 0 Å². The average molecular weight is 301 g/mol. The lowest BCUT2D eigenvalue weighted by atomic mass is 10.1. The molecule has 0 spiro atoms. The second kappa shape index (κ2) is 5.93. The Balaban J connectivity index is 1.95. The van der Waals surface area contributed by atoms with Gasteiger partial charge in [-0.15, -0.1) is 11.8 Å². The molecule has 3 rings (SSSR count). The first-order valence-electron chi connectivity index (χ1n) is 7.21. The molecule has 0 bridgehead atoms. The van der Waals surface area contributed by atoms with Crippen LogP contribution in [0.3, 0.4) is 0 Å². The quantitative estimate of drug-likeness (QED) is 0.817. The minimum atomic E-state index is 0.0896. The van der Waals surface area contributed by atoms with Crippen LogP contribution in [0.2, 0.25) is 0 Å². The summed E-state index contributed by atoms with van der Waals surface area (Å²) in [4.78, 5) is 19.2. The molecule has 0 saturated carbocycles. The van der Waals surface area contributed by atoms with Gasteiger partial charge in [0.1, 0.15) is 5.03 Å². The molecule has 1 amide bonds. The van der Waals surface area contributed by atoms with E-state index < -0.39 is 0 Å². The van der Waals surface area contributed by atoms with Gasteiger partial charge in [-0.3, -0.25) is 4.79 Å². The molecule has 110 valence electrons. The van der Waals surface area contributed by atoms with E-state index in [0.717, 1.165) is 24.5 Å². The molecule has 0 aliphatic carbocycles. The fraction of sp³-hybridized carbons (Fsp3) is 0.375. The van der Waals surface area contributed by atoms with E-state index in [2.05, 4.69) is 34.8 Å². The molecule has 0 saturated heterocycles. The molecule has 1 aliphatic heterocycles. The molecule has 5 heteroatoms. The van der Waals surface area contributed by atoms with Crippen LogP contribution in [-0.4, -0.2) is 33.2 Å². The largest absolute Gasteiger partial charge is 0.348 e. The number of amides is 1. The van der Waals surface area contributed by atoms with Gasteiger partial charge >= 0.3 is 0 Å². The van der Waals surface area contributed by atoms with E-state index in [1.165, 1.54) is 17.5 Å². The molecule has 3 heterocycles. The van der Waals surface area contributed by atoms with E-state index in [1.807, 2.05) is 23.3 Å². The Morgan fingerprint density at radius 1 is 1.38 bits per heavy atom. The van der Waals surface area contributed by atoms with Crippen molar-refractivity contribution in [1.82, 2.24) is 14.5 Å². The van der Waals surface area contributed by atoms with E-state index in [0.29, 0.717) is 5.56 Å². The van der Waals surface area contributed by atoms with Crippen LogP contribution in [0.1, 0.15) is 35.4 Å². The van der Waals surface area contributed by atoms with Crippen LogP contribution in [0.15, 0.2) is 41.7 Å². The standard InChI is InChI=1S/C16H19N3OS/c1-3-13-14-7-5-9-18(14)10-11-19(13)16(20)12-6-4-8-17-15(12)21-2/h4-9,13H,3,10-11H2,1-2H3/t13-/m1/s1. The molecular weight excluding hydrogens is 282 g/mol. The van der Waals surface area contributed by atoms with Crippen molar-refractivity contribution in [2.45, 2.75) is 31.0 Å². The highest BCUT2D eigenvalue weighted by molar-refractivity contribution is 7.98. The molecule has 0 fully saturated rings. The first-order chi connectivity index (χ1) is 10.3. The predicted octanol–water partition coefficient (Wildman–Crippen LogP) is 3.21. The molecule has 4 nitrogen and oxygen atoms in total. The SMILES string of the molecule is CC[C@@H]1c2cccn2CCN1C(=O)c1cccnc1SC. The van der Waals surface area contributed by atoms with Crippen molar-refractivity contribution in [3.05, 3.63) is 47.9 Å². The Bertz CT molecular complexity index is 652. The third-order valence-electron chi connectivity index (χ3n) is 4.01. The fourth-order valence-corrected chi connectivity index (χ4v) is 3.55. The Labute approximate surface area is 129 Å². The summed E-state index contributed by atoms with van der Waals surface area (Å²) in [7, 11) is 0. The molecule has 0 unspecified atom stereocenters. The van der Waals surface area contributed by atoms with Gasteiger partial charge in [-0.05, 0) is 36.9 Å². The van der Waals surface area contributed by atoms with E-state index in [4.69, 9.17) is 0 Å². The smallest absolute Gasteiger partial charge is 0.257 e. The molecule has 2 aromatic rings. The maximum absolute atomic E-state index is 12.9. The van der Waals surface area contributed by atoms with Crippen molar-refractivity contribution in [2.24, 2.45) is 0 Å². The highest BCUT2D eigenvalue weighted by Crippen LogP contribution is 2.31. The van der Waals surface area contributed by atoms with Crippen molar-refractivity contribution >= 4 is 17.7 Å². The lowest BCUT2D eigenvalue weighted by Gasteiger charge is -2.36. The van der Waals surface area contributed by atoms with Gasteiger partial charge in [0.25, 0.3) is 5.91 Å². The Morgan fingerprint density at radius 3 is 3.00 bits per heavy atom. The number of thioether (sulfide) groups is 1. The molecule has 21 heavy (non-hydrogen) atoms. The summed E-state index contributed by atoms with van der Waals surface area (Å²) in [5.74, 6) is 0.0896. The fourth-order valence-electron chi connectivity index (χ4n) is 3.01. The van der Waals surface area contributed by atoms with Crippen molar-refractivity contribution < 1.29 is 4.79 Å². The monoisotopic (exact) mass is 301 g/mol. The van der Waals surface area contributed by atoms with E-state index in [-0.39, 0.29) is 11.9 Å². The number of rotatable bonds is 3. The number of aromatic nitrogens is 2. The van der Waals surface area contributed by atoms with Gasteiger partial charge in [0.15, 0.2) is 0 Å². The van der Waals surface area contributed by atoms with Gasteiger partial charge in [-0.25, -0.2) is 4.98 Å². The third-order valence-corrected chi connectivity index (χ3v) is 4.72. The second-order valence-electron chi connectivity index (χ2n) is 5.11. The zero-order chi connectivity index (χ0) is 14.8. The van der Waals surface area contributed by atoms with Gasteiger partial charge in [0, 0.05) is 31.2 Å². The lowest BCUT2D eigenvalue weighted by molar-refractivity contribution is 0.0613. The van der Waals surface area contributed by atoms with Crippen LogP contribution in [-0.2, 0) is 6.54 Å². The normalized spacial score (nSPS) is 17.6. The van der Waals surface area contributed by atoms with Crippen LogP contribution in [0, 0.1) is 0 Å². The summed E-state index contributed by atoms with van der Waals surface area (Å²) in [5.41, 5.74) is 1.94. The van der Waals surface area contributed by atoms with Crippen molar-refractivity contribution in [2.75, 3.05) is 12.8 Å². The number of pyridine rings is 1. The minimum absolute atomic E-state index is 0.0896. The molecule has 1 aliphatic rings. The number of fused-ring (bicyclic) bond motifs is 1. The van der Waals surface area contributed by atoms with Gasteiger partial charge < -0.3 is 9.47 Å². The van der Waals surface area contributed by atoms with Crippen molar-refractivity contribution in [1.29, 1.82) is 0 Å². The van der Waals surface area contributed by atoms with Gasteiger partial charge in [-0.1, -0.05) is 6.92 Å². The van der Waals surface area contributed by atoms with Crippen molar-refractivity contribution in [3.63, 3.8) is 0 Å². The van der Waals surface area contributed by atoms with Crippen LogP contribution >= 0.6 is 11.8 Å². The highest BCUT2D eigenvalue weighted by atomic mass is 32.2. The van der Waals surface area contributed by atoms with Crippen LogP contribution < -0.4 is 0 Å². The maximum atomic E-state index is 12.9. The molecular formula is C16H19N3OS. The summed E-state index contributed by atoms with van der Waals surface area (Å²) in [6.45, 7) is 3.74. The summed E-state index contributed by atoms with van der Waals surface area (Å²) in [6, 6.07) is 8.04. The molecule has 2 aromatic heterocycles. The molecule has 0 N–H and O–H groups in total. The Hall–Kier alpha value is -1.75. The maximum Gasteiger partial charge on any atom is 0.257 e. The van der Waals surface area contributed by atoms with Crippen LogP contribution in [0.25, 0.3) is 0 Å². The van der Waals surface area contributed by atoms with Gasteiger partial charge in [-0.2, -0.15) is 0 Å².